The maximum Gasteiger partial charge on any atom is 0.441 e. The summed E-state index contributed by atoms with van der Waals surface area (Å²) in [4.78, 5) is 0. The number of alkyl halides is 3. The molecular formula is C9H16F3NOS. The van der Waals surface area contributed by atoms with Crippen LogP contribution in [-0.2, 0) is 4.74 Å². The van der Waals surface area contributed by atoms with Gasteiger partial charge in [0.15, 0.2) is 0 Å². The van der Waals surface area contributed by atoms with E-state index >= 15 is 0 Å². The van der Waals surface area contributed by atoms with Crippen LogP contribution in [0.1, 0.15) is 19.3 Å². The Hall–Kier alpha value is 0.0600. The Bertz CT molecular complexity index is 171. The molecule has 1 atom stereocenters. The Morgan fingerprint density at radius 1 is 1.33 bits per heavy atom. The lowest BCUT2D eigenvalue weighted by molar-refractivity contribution is -0.0332. The molecule has 90 valence electrons. The first-order valence-electron chi connectivity index (χ1n) is 5.10. The Balaban J connectivity index is 1.92. The smallest absolute Gasteiger partial charge is 0.379 e. The number of thioether (sulfide) groups is 1. The zero-order valence-corrected chi connectivity index (χ0v) is 9.29. The highest BCUT2D eigenvalue weighted by atomic mass is 32.2. The van der Waals surface area contributed by atoms with E-state index in [0.717, 1.165) is 13.0 Å². The number of hydrogen-bond acceptors (Lipinski definition) is 3. The lowest BCUT2D eigenvalue weighted by atomic mass is 10.1. The normalized spacial score (nSPS) is 23.0. The molecule has 1 unspecified atom stereocenters. The van der Waals surface area contributed by atoms with E-state index in [1.54, 1.807) is 0 Å². The van der Waals surface area contributed by atoms with Crippen LogP contribution >= 0.6 is 11.8 Å². The predicted molar refractivity (Wildman–Crippen MR) is 55.0 cm³/mol. The van der Waals surface area contributed by atoms with E-state index in [1.165, 1.54) is 12.8 Å². The monoisotopic (exact) mass is 243 g/mol. The van der Waals surface area contributed by atoms with Gasteiger partial charge in [0.05, 0.1) is 13.2 Å². The van der Waals surface area contributed by atoms with Gasteiger partial charge >= 0.3 is 5.51 Å². The fourth-order valence-corrected chi connectivity index (χ4v) is 1.94. The van der Waals surface area contributed by atoms with Gasteiger partial charge in [0.1, 0.15) is 0 Å². The summed E-state index contributed by atoms with van der Waals surface area (Å²) in [5.74, 6) is -0.0176. The summed E-state index contributed by atoms with van der Waals surface area (Å²) < 4.78 is 40.4. The molecule has 6 heteroatoms. The SMILES string of the molecule is FC(F)(F)SCCOCC1CCCCN1. The molecule has 15 heavy (non-hydrogen) atoms. The molecule has 2 nitrogen and oxygen atoms in total. The first kappa shape index (κ1) is 13.1. The standard InChI is InChI=1S/C9H16F3NOS/c10-9(11,12)15-6-5-14-7-8-3-1-2-4-13-8/h8,13H,1-7H2. The molecule has 1 heterocycles. The van der Waals surface area contributed by atoms with E-state index in [-0.39, 0.29) is 24.1 Å². The van der Waals surface area contributed by atoms with Crippen molar-refractivity contribution in [2.75, 3.05) is 25.5 Å². The van der Waals surface area contributed by atoms with Crippen LogP contribution in [0.4, 0.5) is 13.2 Å². The topological polar surface area (TPSA) is 21.3 Å². The zero-order chi connectivity index (χ0) is 11.1. The van der Waals surface area contributed by atoms with Crippen LogP contribution in [-0.4, -0.2) is 37.1 Å². The average molecular weight is 243 g/mol. The third-order valence-corrected chi connectivity index (χ3v) is 2.92. The first-order chi connectivity index (χ1) is 7.08. The summed E-state index contributed by atoms with van der Waals surface area (Å²) in [6.45, 7) is 1.69. The summed E-state index contributed by atoms with van der Waals surface area (Å²) in [6, 6.07) is 0.328. The molecule has 0 spiro atoms. The largest absolute Gasteiger partial charge is 0.441 e. The van der Waals surface area contributed by atoms with Crippen molar-refractivity contribution in [3.8, 4) is 0 Å². The molecule has 0 radical (unpaired) electrons. The van der Waals surface area contributed by atoms with E-state index in [1.807, 2.05) is 0 Å². The fourth-order valence-electron chi connectivity index (χ4n) is 1.51. The average Bonchev–Trinajstić information content (AvgIpc) is 2.17. The minimum Gasteiger partial charge on any atom is -0.379 e. The maximum absolute atomic E-state index is 11.7. The van der Waals surface area contributed by atoms with Crippen molar-refractivity contribution in [1.82, 2.24) is 5.32 Å². The van der Waals surface area contributed by atoms with Gasteiger partial charge in [0.25, 0.3) is 0 Å². The third-order valence-electron chi connectivity index (χ3n) is 2.22. The van der Waals surface area contributed by atoms with Crippen LogP contribution in [0.2, 0.25) is 0 Å². The van der Waals surface area contributed by atoms with Crippen LogP contribution in [0.15, 0.2) is 0 Å². The molecule has 1 fully saturated rings. The molecule has 0 aromatic rings. The molecule has 0 amide bonds. The van der Waals surface area contributed by atoms with Crippen molar-refractivity contribution in [1.29, 1.82) is 0 Å². The van der Waals surface area contributed by atoms with Crippen molar-refractivity contribution in [2.24, 2.45) is 0 Å². The van der Waals surface area contributed by atoms with Gasteiger partial charge < -0.3 is 10.1 Å². The minimum atomic E-state index is -4.13. The van der Waals surface area contributed by atoms with Gasteiger partial charge in [-0.05, 0) is 31.1 Å². The van der Waals surface area contributed by atoms with E-state index in [4.69, 9.17) is 4.74 Å². The molecule has 0 aromatic carbocycles. The van der Waals surface area contributed by atoms with Gasteiger partial charge in [0.2, 0.25) is 0 Å². The molecule has 1 aliphatic heterocycles. The number of rotatable bonds is 5. The quantitative estimate of drug-likeness (QED) is 0.749. The molecule has 1 rings (SSSR count). The van der Waals surface area contributed by atoms with Gasteiger partial charge in [-0.25, -0.2) is 0 Å². The molecule has 0 bridgehead atoms. The molecule has 1 aliphatic rings. The predicted octanol–water partition coefficient (Wildman–Crippen LogP) is 2.40. The van der Waals surface area contributed by atoms with Gasteiger partial charge in [-0.15, -0.1) is 0 Å². The summed E-state index contributed by atoms with van der Waals surface area (Å²) in [7, 11) is 0. The number of hydrogen-bond donors (Lipinski definition) is 1. The number of ether oxygens (including phenoxy) is 1. The highest BCUT2D eigenvalue weighted by Crippen LogP contribution is 2.29. The summed E-state index contributed by atoms with van der Waals surface area (Å²) in [5, 5.41) is 3.27. The van der Waals surface area contributed by atoms with Crippen LogP contribution in [0.5, 0.6) is 0 Å². The fraction of sp³-hybridized carbons (Fsp3) is 1.00. The number of piperidine rings is 1. The molecule has 1 saturated heterocycles. The Labute approximate surface area is 91.9 Å². The Kier molecular flexibility index (Phi) is 5.78. The van der Waals surface area contributed by atoms with E-state index < -0.39 is 5.51 Å². The van der Waals surface area contributed by atoms with Gasteiger partial charge in [-0.3, -0.25) is 0 Å². The van der Waals surface area contributed by atoms with Gasteiger partial charge in [-0.1, -0.05) is 6.42 Å². The maximum atomic E-state index is 11.7. The summed E-state index contributed by atoms with van der Waals surface area (Å²) in [5.41, 5.74) is -4.13. The van der Waals surface area contributed by atoms with Crippen LogP contribution in [0, 0.1) is 0 Å². The van der Waals surface area contributed by atoms with Gasteiger partial charge in [0, 0.05) is 11.8 Å². The van der Waals surface area contributed by atoms with Crippen LogP contribution in [0.3, 0.4) is 0 Å². The molecule has 0 aromatic heterocycles. The summed E-state index contributed by atoms with van der Waals surface area (Å²) in [6.07, 6.45) is 3.42. The van der Waals surface area contributed by atoms with Crippen LogP contribution < -0.4 is 5.32 Å². The Morgan fingerprint density at radius 3 is 2.73 bits per heavy atom. The van der Waals surface area contributed by atoms with Crippen molar-refractivity contribution in [3.05, 3.63) is 0 Å². The molecule has 1 N–H and O–H groups in total. The van der Waals surface area contributed by atoms with E-state index in [9.17, 15) is 13.2 Å². The summed E-state index contributed by atoms with van der Waals surface area (Å²) >= 11 is -0.0252. The van der Waals surface area contributed by atoms with Crippen molar-refractivity contribution >= 4 is 11.8 Å². The van der Waals surface area contributed by atoms with E-state index in [2.05, 4.69) is 5.32 Å². The lowest BCUT2D eigenvalue weighted by Gasteiger charge is -2.23. The van der Waals surface area contributed by atoms with Crippen molar-refractivity contribution in [3.63, 3.8) is 0 Å². The second kappa shape index (κ2) is 6.60. The van der Waals surface area contributed by atoms with Gasteiger partial charge in [-0.2, -0.15) is 13.2 Å². The highest BCUT2D eigenvalue weighted by molar-refractivity contribution is 8.00. The lowest BCUT2D eigenvalue weighted by Crippen LogP contribution is -2.37. The zero-order valence-electron chi connectivity index (χ0n) is 8.48. The van der Waals surface area contributed by atoms with Crippen LogP contribution in [0.25, 0.3) is 0 Å². The Morgan fingerprint density at radius 2 is 2.13 bits per heavy atom. The van der Waals surface area contributed by atoms with E-state index in [0.29, 0.717) is 12.6 Å². The van der Waals surface area contributed by atoms with Crippen molar-refractivity contribution < 1.29 is 17.9 Å². The second-order valence-corrected chi connectivity index (χ2v) is 4.68. The molecular weight excluding hydrogens is 227 g/mol. The van der Waals surface area contributed by atoms with Crippen molar-refractivity contribution in [2.45, 2.75) is 30.8 Å². The number of halogens is 3. The molecule has 0 saturated carbocycles. The second-order valence-electron chi connectivity index (χ2n) is 3.52. The highest BCUT2D eigenvalue weighted by Gasteiger charge is 2.27. The number of nitrogens with one attached hydrogen (secondary N) is 1. The first-order valence-corrected chi connectivity index (χ1v) is 6.08. The third kappa shape index (κ3) is 7.03. The minimum absolute atomic E-state index is 0.0176. The molecule has 0 aliphatic carbocycles.